The van der Waals surface area contributed by atoms with E-state index in [1.165, 1.54) is 38.8 Å². The molecule has 0 N–H and O–H groups in total. The molecule has 2 aliphatic rings. The number of hydrogen-bond acceptors (Lipinski definition) is 2. The van der Waals surface area contributed by atoms with Crippen LogP contribution in [0.25, 0.3) is 0 Å². The third kappa shape index (κ3) is 2.29. The number of piperidine rings is 1. The van der Waals surface area contributed by atoms with Crippen molar-refractivity contribution in [1.29, 1.82) is 0 Å². The van der Waals surface area contributed by atoms with Crippen molar-refractivity contribution >= 4 is 0 Å². The van der Waals surface area contributed by atoms with Crippen molar-refractivity contribution in [3.8, 4) is 0 Å². The van der Waals surface area contributed by atoms with E-state index >= 15 is 0 Å². The summed E-state index contributed by atoms with van der Waals surface area (Å²) >= 11 is 0. The Kier molecular flexibility index (Phi) is 3.13. The number of rotatable bonds is 0. The van der Waals surface area contributed by atoms with Crippen LogP contribution in [-0.4, -0.2) is 38.3 Å². The van der Waals surface area contributed by atoms with Gasteiger partial charge in [-0.05, 0) is 57.2 Å². The fraction of sp³-hybridized carbons (Fsp3) is 1.00. The molecule has 1 unspecified atom stereocenters. The van der Waals surface area contributed by atoms with Crippen molar-refractivity contribution in [1.82, 2.24) is 4.90 Å². The largest absolute Gasteiger partial charge is 0.381 e. The quantitative estimate of drug-likeness (QED) is 0.590. The van der Waals surface area contributed by atoms with Gasteiger partial charge in [0.2, 0.25) is 0 Å². The molecule has 2 fully saturated rings. The van der Waals surface area contributed by atoms with Crippen LogP contribution in [0.4, 0.5) is 0 Å². The molecule has 14 heavy (non-hydrogen) atoms. The summed E-state index contributed by atoms with van der Waals surface area (Å²) in [6.07, 6.45) is 5.44. The van der Waals surface area contributed by atoms with Crippen LogP contribution in [0.1, 0.15) is 32.6 Å². The zero-order chi connectivity index (χ0) is 10.0. The number of likely N-dealkylation sites (tertiary alicyclic amines) is 1. The molecule has 2 heteroatoms. The molecule has 2 rings (SSSR count). The molecule has 82 valence electrons. The minimum atomic E-state index is 0.539. The Bertz CT molecular complexity index is 179. The molecule has 1 atom stereocenters. The van der Waals surface area contributed by atoms with Gasteiger partial charge in [0.15, 0.2) is 0 Å². The average molecular weight is 197 g/mol. The number of hydrogen-bond donors (Lipinski definition) is 0. The van der Waals surface area contributed by atoms with Gasteiger partial charge in [0.05, 0.1) is 6.61 Å². The van der Waals surface area contributed by atoms with Crippen molar-refractivity contribution in [2.24, 2.45) is 11.3 Å². The molecule has 0 bridgehead atoms. The molecule has 0 aromatic rings. The Labute approximate surface area is 87.6 Å². The second kappa shape index (κ2) is 4.19. The van der Waals surface area contributed by atoms with Gasteiger partial charge in [-0.2, -0.15) is 0 Å². The first-order valence-corrected chi connectivity index (χ1v) is 5.97. The van der Waals surface area contributed by atoms with E-state index in [1.54, 1.807) is 0 Å². The summed E-state index contributed by atoms with van der Waals surface area (Å²) in [4.78, 5) is 2.44. The van der Waals surface area contributed by atoms with Crippen molar-refractivity contribution in [2.75, 3.05) is 33.4 Å². The normalized spacial score (nSPS) is 34.3. The highest BCUT2D eigenvalue weighted by molar-refractivity contribution is 4.87. The molecule has 0 saturated carbocycles. The van der Waals surface area contributed by atoms with E-state index in [9.17, 15) is 0 Å². The van der Waals surface area contributed by atoms with E-state index in [2.05, 4.69) is 18.9 Å². The molecule has 0 aromatic carbocycles. The van der Waals surface area contributed by atoms with Gasteiger partial charge in [0.25, 0.3) is 0 Å². The second-order valence-corrected chi connectivity index (χ2v) is 5.46. The van der Waals surface area contributed by atoms with Crippen LogP contribution in [0.2, 0.25) is 0 Å². The monoisotopic (exact) mass is 197 g/mol. The molecule has 0 amide bonds. The van der Waals surface area contributed by atoms with Crippen LogP contribution >= 0.6 is 0 Å². The zero-order valence-electron chi connectivity index (χ0n) is 9.59. The lowest BCUT2D eigenvalue weighted by molar-refractivity contribution is 0.0143. The first-order chi connectivity index (χ1) is 6.70. The Morgan fingerprint density at radius 3 is 2.64 bits per heavy atom. The van der Waals surface area contributed by atoms with E-state index in [0.717, 1.165) is 19.1 Å². The van der Waals surface area contributed by atoms with E-state index in [0.29, 0.717) is 5.41 Å². The Balaban J connectivity index is 1.94. The molecular weight excluding hydrogens is 174 g/mol. The fourth-order valence-electron chi connectivity index (χ4n) is 2.67. The van der Waals surface area contributed by atoms with Gasteiger partial charge in [0, 0.05) is 6.61 Å². The van der Waals surface area contributed by atoms with Crippen LogP contribution in [0.5, 0.6) is 0 Å². The molecule has 2 heterocycles. The molecule has 2 nitrogen and oxygen atoms in total. The standard InChI is InChI=1S/C12H23NO/c1-11-3-4-12(10-14-9-11)5-7-13(2)8-6-12/h11H,3-10H2,1-2H3. The van der Waals surface area contributed by atoms with Crippen molar-refractivity contribution in [3.05, 3.63) is 0 Å². The van der Waals surface area contributed by atoms with Crippen LogP contribution in [-0.2, 0) is 4.74 Å². The predicted molar refractivity (Wildman–Crippen MR) is 58.4 cm³/mol. The minimum absolute atomic E-state index is 0.539. The molecule has 0 aliphatic carbocycles. The highest BCUT2D eigenvalue weighted by atomic mass is 16.5. The maximum atomic E-state index is 5.82. The first kappa shape index (κ1) is 10.4. The molecular formula is C12H23NO. The third-order valence-electron chi connectivity index (χ3n) is 4.03. The van der Waals surface area contributed by atoms with E-state index in [4.69, 9.17) is 4.74 Å². The third-order valence-corrected chi connectivity index (χ3v) is 4.03. The van der Waals surface area contributed by atoms with Gasteiger partial charge in [-0.15, -0.1) is 0 Å². The molecule has 0 aromatic heterocycles. The molecule has 2 saturated heterocycles. The van der Waals surface area contributed by atoms with Crippen LogP contribution in [0, 0.1) is 11.3 Å². The summed E-state index contributed by atoms with van der Waals surface area (Å²) in [5, 5.41) is 0. The summed E-state index contributed by atoms with van der Waals surface area (Å²) < 4.78 is 5.82. The lowest BCUT2D eigenvalue weighted by Gasteiger charge is -2.39. The fourth-order valence-corrected chi connectivity index (χ4v) is 2.67. The van der Waals surface area contributed by atoms with Gasteiger partial charge in [-0.25, -0.2) is 0 Å². The maximum Gasteiger partial charge on any atom is 0.0523 e. The lowest BCUT2D eigenvalue weighted by atomic mass is 9.75. The smallest absolute Gasteiger partial charge is 0.0523 e. The second-order valence-electron chi connectivity index (χ2n) is 5.46. The summed E-state index contributed by atoms with van der Waals surface area (Å²) in [5.74, 6) is 0.772. The van der Waals surface area contributed by atoms with Gasteiger partial charge in [-0.1, -0.05) is 6.92 Å². The zero-order valence-corrected chi connectivity index (χ0v) is 9.59. The molecule has 2 aliphatic heterocycles. The van der Waals surface area contributed by atoms with E-state index in [1.807, 2.05) is 0 Å². The van der Waals surface area contributed by atoms with Crippen LogP contribution in [0.15, 0.2) is 0 Å². The SMILES string of the molecule is CC1CCC2(CCN(C)CC2)COC1. The number of nitrogens with zero attached hydrogens (tertiary/aromatic N) is 1. The lowest BCUT2D eigenvalue weighted by Crippen LogP contribution is -2.40. The van der Waals surface area contributed by atoms with Crippen LogP contribution in [0.3, 0.4) is 0 Å². The van der Waals surface area contributed by atoms with Crippen molar-refractivity contribution < 1.29 is 4.74 Å². The number of ether oxygens (including phenoxy) is 1. The highest BCUT2D eigenvalue weighted by Crippen LogP contribution is 2.39. The summed E-state index contributed by atoms with van der Waals surface area (Å²) in [5.41, 5.74) is 0.539. The highest BCUT2D eigenvalue weighted by Gasteiger charge is 2.35. The van der Waals surface area contributed by atoms with E-state index < -0.39 is 0 Å². The summed E-state index contributed by atoms with van der Waals surface area (Å²) in [7, 11) is 2.23. The van der Waals surface area contributed by atoms with Crippen molar-refractivity contribution in [2.45, 2.75) is 32.6 Å². The average Bonchev–Trinajstić information content (AvgIpc) is 2.36. The van der Waals surface area contributed by atoms with E-state index in [-0.39, 0.29) is 0 Å². The Morgan fingerprint density at radius 1 is 1.21 bits per heavy atom. The first-order valence-electron chi connectivity index (χ1n) is 5.97. The van der Waals surface area contributed by atoms with Gasteiger partial charge < -0.3 is 9.64 Å². The van der Waals surface area contributed by atoms with Gasteiger partial charge in [-0.3, -0.25) is 0 Å². The minimum Gasteiger partial charge on any atom is -0.381 e. The molecule has 1 spiro atoms. The Hall–Kier alpha value is -0.0800. The molecule has 0 radical (unpaired) electrons. The van der Waals surface area contributed by atoms with Gasteiger partial charge in [0.1, 0.15) is 0 Å². The summed E-state index contributed by atoms with van der Waals surface area (Å²) in [6.45, 7) is 6.84. The maximum absolute atomic E-state index is 5.82. The van der Waals surface area contributed by atoms with Gasteiger partial charge >= 0.3 is 0 Å². The Morgan fingerprint density at radius 2 is 1.93 bits per heavy atom. The predicted octanol–water partition coefficient (Wildman–Crippen LogP) is 2.14. The topological polar surface area (TPSA) is 12.5 Å². The van der Waals surface area contributed by atoms with Crippen LogP contribution < -0.4 is 0 Å². The summed E-state index contributed by atoms with van der Waals surface area (Å²) in [6, 6.07) is 0. The van der Waals surface area contributed by atoms with Crippen molar-refractivity contribution in [3.63, 3.8) is 0 Å².